The zero-order valence-electron chi connectivity index (χ0n) is 13.0. The smallest absolute Gasteiger partial charge is 0.126 e. The van der Waals surface area contributed by atoms with E-state index in [4.69, 9.17) is 4.74 Å². The summed E-state index contributed by atoms with van der Waals surface area (Å²) >= 11 is 0. The van der Waals surface area contributed by atoms with Gasteiger partial charge in [0.2, 0.25) is 0 Å². The van der Waals surface area contributed by atoms with Crippen molar-refractivity contribution in [3.8, 4) is 5.75 Å². The van der Waals surface area contributed by atoms with Gasteiger partial charge in [-0.1, -0.05) is 19.9 Å². The van der Waals surface area contributed by atoms with Gasteiger partial charge in [-0.25, -0.2) is 4.39 Å². The van der Waals surface area contributed by atoms with Crippen LogP contribution in [0, 0.1) is 12.7 Å². The molecule has 1 rings (SSSR count). The fraction of sp³-hybridized carbons (Fsp3) is 0.625. The maximum absolute atomic E-state index is 13.2. The van der Waals surface area contributed by atoms with Gasteiger partial charge in [0.15, 0.2) is 0 Å². The van der Waals surface area contributed by atoms with Gasteiger partial charge in [0.25, 0.3) is 0 Å². The fourth-order valence-corrected chi connectivity index (χ4v) is 2.46. The van der Waals surface area contributed by atoms with Crippen molar-refractivity contribution < 1.29 is 14.2 Å². The van der Waals surface area contributed by atoms with E-state index in [0.717, 1.165) is 5.56 Å². The lowest BCUT2D eigenvalue weighted by Crippen LogP contribution is -2.51. The zero-order valence-corrected chi connectivity index (χ0v) is 13.0. The van der Waals surface area contributed by atoms with E-state index in [1.807, 2.05) is 34.6 Å². The van der Waals surface area contributed by atoms with Gasteiger partial charge in [-0.2, -0.15) is 0 Å². The summed E-state index contributed by atoms with van der Waals surface area (Å²) in [5, 5.41) is 12.9. The predicted octanol–water partition coefficient (Wildman–Crippen LogP) is 3.04. The number of ether oxygens (including phenoxy) is 1. The molecule has 3 nitrogen and oxygen atoms in total. The maximum Gasteiger partial charge on any atom is 0.126 e. The van der Waals surface area contributed by atoms with Gasteiger partial charge in [0, 0.05) is 24.1 Å². The van der Waals surface area contributed by atoms with E-state index in [2.05, 4.69) is 5.32 Å². The molecular weight excluding hydrogens is 257 g/mol. The van der Waals surface area contributed by atoms with E-state index in [9.17, 15) is 9.50 Å². The number of aliphatic hydroxyl groups excluding tert-OH is 1. The second-order valence-corrected chi connectivity index (χ2v) is 6.06. The van der Waals surface area contributed by atoms with Crippen LogP contribution in [-0.4, -0.2) is 29.4 Å². The van der Waals surface area contributed by atoms with Crippen LogP contribution in [0.5, 0.6) is 5.75 Å². The minimum absolute atomic E-state index is 0.0288. The Balaban J connectivity index is 2.70. The number of benzene rings is 1. The molecule has 114 valence electrons. The Kier molecular flexibility index (Phi) is 5.96. The van der Waals surface area contributed by atoms with Crippen molar-refractivity contribution in [1.29, 1.82) is 0 Å². The van der Waals surface area contributed by atoms with Crippen molar-refractivity contribution in [2.24, 2.45) is 0 Å². The van der Waals surface area contributed by atoms with Crippen LogP contribution in [0.3, 0.4) is 0 Å². The highest BCUT2D eigenvalue weighted by Crippen LogP contribution is 2.23. The molecule has 0 heterocycles. The molecule has 0 aliphatic rings. The van der Waals surface area contributed by atoms with E-state index in [0.29, 0.717) is 12.2 Å². The molecule has 2 N–H and O–H groups in total. The van der Waals surface area contributed by atoms with E-state index >= 15 is 0 Å². The molecule has 0 saturated carbocycles. The minimum atomic E-state index is -0.408. The highest BCUT2D eigenvalue weighted by molar-refractivity contribution is 5.32. The molecule has 2 atom stereocenters. The summed E-state index contributed by atoms with van der Waals surface area (Å²) < 4.78 is 19.1. The molecule has 20 heavy (non-hydrogen) atoms. The van der Waals surface area contributed by atoms with Gasteiger partial charge in [-0.15, -0.1) is 0 Å². The van der Waals surface area contributed by atoms with Gasteiger partial charge < -0.3 is 15.2 Å². The first-order chi connectivity index (χ1) is 9.25. The molecule has 2 unspecified atom stereocenters. The number of aryl methyl sites for hydroxylation is 1. The van der Waals surface area contributed by atoms with Crippen molar-refractivity contribution in [1.82, 2.24) is 5.32 Å². The molecule has 0 aliphatic carbocycles. The topological polar surface area (TPSA) is 41.5 Å². The summed E-state index contributed by atoms with van der Waals surface area (Å²) in [5.74, 6) is 0.255. The molecule has 0 fully saturated rings. The van der Waals surface area contributed by atoms with Crippen LogP contribution >= 0.6 is 0 Å². The number of rotatable bonds is 7. The standard InChI is InChI=1S/C16H26FNO2/c1-11(2)18-16(5,10-19)9-13(4)20-15-8-14(17)7-6-12(15)3/h6-8,11,13,18-19H,9-10H2,1-5H3. The number of halogens is 1. The van der Waals surface area contributed by atoms with Gasteiger partial charge in [0.1, 0.15) is 11.6 Å². The Labute approximate surface area is 121 Å². The maximum atomic E-state index is 13.2. The van der Waals surface area contributed by atoms with Crippen LogP contribution in [0.4, 0.5) is 4.39 Å². The van der Waals surface area contributed by atoms with Gasteiger partial charge in [0.05, 0.1) is 12.7 Å². The molecule has 0 bridgehead atoms. The van der Waals surface area contributed by atoms with E-state index in [1.165, 1.54) is 12.1 Å². The van der Waals surface area contributed by atoms with Crippen molar-refractivity contribution >= 4 is 0 Å². The summed E-state index contributed by atoms with van der Waals surface area (Å²) in [5.41, 5.74) is 0.496. The monoisotopic (exact) mass is 283 g/mol. The Morgan fingerprint density at radius 3 is 2.55 bits per heavy atom. The fourth-order valence-electron chi connectivity index (χ4n) is 2.46. The summed E-state index contributed by atoms with van der Waals surface area (Å²) in [6.45, 7) is 9.89. The number of hydrogen-bond acceptors (Lipinski definition) is 3. The summed E-state index contributed by atoms with van der Waals surface area (Å²) in [4.78, 5) is 0. The molecular formula is C16H26FNO2. The summed E-state index contributed by atoms with van der Waals surface area (Å²) in [6, 6.07) is 4.80. The Morgan fingerprint density at radius 1 is 1.35 bits per heavy atom. The normalized spacial score (nSPS) is 16.0. The van der Waals surface area contributed by atoms with E-state index in [-0.39, 0.29) is 24.6 Å². The van der Waals surface area contributed by atoms with Gasteiger partial charge >= 0.3 is 0 Å². The summed E-state index contributed by atoms with van der Waals surface area (Å²) in [6.07, 6.45) is 0.511. The Bertz CT molecular complexity index is 436. The molecule has 0 amide bonds. The SMILES string of the molecule is Cc1ccc(F)cc1OC(C)CC(C)(CO)NC(C)C. The van der Waals surface area contributed by atoms with Crippen molar-refractivity contribution in [3.05, 3.63) is 29.6 Å². The third kappa shape index (κ3) is 5.10. The van der Waals surface area contributed by atoms with Crippen molar-refractivity contribution in [2.75, 3.05) is 6.61 Å². The van der Waals surface area contributed by atoms with Crippen LogP contribution in [0.25, 0.3) is 0 Å². The molecule has 0 aliphatic heterocycles. The molecule has 0 saturated heterocycles. The first-order valence-corrected chi connectivity index (χ1v) is 7.07. The van der Waals surface area contributed by atoms with Crippen LogP contribution in [0.2, 0.25) is 0 Å². The van der Waals surface area contributed by atoms with E-state index < -0.39 is 5.54 Å². The lowest BCUT2D eigenvalue weighted by molar-refractivity contribution is 0.103. The first kappa shape index (κ1) is 16.9. The highest BCUT2D eigenvalue weighted by Gasteiger charge is 2.27. The second kappa shape index (κ2) is 7.04. The van der Waals surface area contributed by atoms with Crippen LogP contribution in [0.1, 0.15) is 39.7 Å². The van der Waals surface area contributed by atoms with E-state index in [1.54, 1.807) is 6.07 Å². The average molecular weight is 283 g/mol. The largest absolute Gasteiger partial charge is 0.490 e. The zero-order chi connectivity index (χ0) is 15.3. The van der Waals surface area contributed by atoms with Crippen LogP contribution in [-0.2, 0) is 0 Å². The molecule has 1 aromatic rings. The average Bonchev–Trinajstić information content (AvgIpc) is 2.32. The Hall–Kier alpha value is -1.13. The van der Waals surface area contributed by atoms with Crippen molar-refractivity contribution in [2.45, 2.75) is 58.7 Å². The third-order valence-corrected chi connectivity index (χ3v) is 3.20. The minimum Gasteiger partial charge on any atom is -0.490 e. The lowest BCUT2D eigenvalue weighted by Gasteiger charge is -2.33. The molecule has 0 spiro atoms. The molecule has 0 radical (unpaired) electrons. The molecule has 0 aromatic heterocycles. The van der Waals surface area contributed by atoms with Crippen molar-refractivity contribution in [3.63, 3.8) is 0 Å². The van der Waals surface area contributed by atoms with Gasteiger partial charge in [-0.3, -0.25) is 0 Å². The van der Waals surface area contributed by atoms with Gasteiger partial charge in [-0.05, 0) is 32.4 Å². The highest BCUT2D eigenvalue weighted by atomic mass is 19.1. The molecule has 4 heteroatoms. The number of aliphatic hydroxyl groups is 1. The van der Waals surface area contributed by atoms with Crippen LogP contribution in [0.15, 0.2) is 18.2 Å². The lowest BCUT2D eigenvalue weighted by atomic mass is 9.94. The third-order valence-electron chi connectivity index (χ3n) is 3.20. The summed E-state index contributed by atoms with van der Waals surface area (Å²) in [7, 11) is 0. The molecule has 1 aromatic carbocycles. The first-order valence-electron chi connectivity index (χ1n) is 7.07. The quantitative estimate of drug-likeness (QED) is 0.808. The Morgan fingerprint density at radius 2 is 2.00 bits per heavy atom. The predicted molar refractivity (Wildman–Crippen MR) is 79.6 cm³/mol. The van der Waals surface area contributed by atoms with Crippen LogP contribution < -0.4 is 10.1 Å². The second-order valence-electron chi connectivity index (χ2n) is 6.06. The number of hydrogen-bond donors (Lipinski definition) is 2. The number of nitrogens with one attached hydrogen (secondary N) is 1.